The van der Waals surface area contributed by atoms with Crippen molar-refractivity contribution in [2.45, 2.75) is 69.3 Å². The van der Waals surface area contributed by atoms with Gasteiger partial charge in [0.05, 0.1) is 12.3 Å². The van der Waals surface area contributed by atoms with Gasteiger partial charge in [-0.25, -0.2) is 0 Å². The van der Waals surface area contributed by atoms with Crippen molar-refractivity contribution in [3.05, 3.63) is 71.3 Å². The minimum Gasteiger partial charge on any atom is -0.427 e. The van der Waals surface area contributed by atoms with E-state index in [1.54, 1.807) is 43.5 Å². The average Bonchev–Trinajstić information content (AvgIpc) is 3.75. The van der Waals surface area contributed by atoms with Crippen LogP contribution in [0, 0.1) is 11.8 Å². The Kier molecular flexibility index (Phi) is 8.57. The summed E-state index contributed by atoms with van der Waals surface area (Å²) in [7, 11) is 1.71. The zero-order valence-corrected chi connectivity index (χ0v) is 23.5. The zero-order chi connectivity index (χ0) is 29.2. The van der Waals surface area contributed by atoms with Gasteiger partial charge in [-0.3, -0.25) is 14.5 Å². The van der Waals surface area contributed by atoms with Crippen molar-refractivity contribution in [1.82, 2.24) is 10.2 Å². The molecule has 2 aromatic carbocycles. The van der Waals surface area contributed by atoms with Crippen molar-refractivity contribution in [2.75, 3.05) is 20.2 Å². The normalized spacial score (nSPS) is 27.1. The highest BCUT2D eigenvalue weighted by Crippen LogP contribution is 2.52. The zero-order valence-electron chi connectivity index (χ0n) is 23.5. The molecule has 1 saturated heterocycles. The second-order valence-corrected chi connectivity index (χ2v) is 11.6. The van der Waals surface area contributed by atoms with Crippen LogP contribution in [0.1, 0.15) is 56.6 Å². The predicted octanol–water partition coefficient (Wildman–Crippen LogP) is 5.87. The van der Waals surface area contributed by atoms with Crippen LogP contribution in [0.2, 0.25) is 0 Å². The molecule has 1 aliphatic heterocycles. The molecule has 1 N–H and O–H groups in total. The first kappa shape index (κ1) is 29.3. The predicted molar refractivity (Wildman–Crippen MR) is 149 cm³/mol. The van der Waals surface area contributed by atoms with Crippen molar-refractivity contribution in [2.24, 2.45) is 11.8 Å². The van der Waals surface area contributed by atoms with E-state index < -0.39 is 35.2 Å². The number of rotatable bonds is 8. The molecule has 9 heteroatoms. The standard InChI is InChI=1S/C32H37F3N2O4/c1-21(38)41-25-11-6-10-24(17-25)31-15-7-12-28(40-2)27(31)20-37(19-23-13-14-23)29(18-31)36-30(39)26(32(33,34)35)16-22-8-4-3-5-9-22/h3-6,8-11,16-17,23,27-29H,7,12-15,18-20H2,1-2H3,(H,36,39)/t27?,28?,29-,31-/m0/s1. The molecule has 1 heterocycles. The molecule has 0 aromatic heterocycles. The number of nitrogens with zero attached hydrogens (tertiary/aromatic N) is 1. The summed E-state index contributed by atoms with van der Waals surface area (Å²) in [4.78, 5) is 27.2. The molecule has 5 rings (SSSR count). The van der Waals surface area contributed by atoms with Crippen molar-refractivity contribution in [3.8, 4) is 5.75 Å². The average molecular weight is 571 g/mol. The van der Waals surface area contributed by atoms with Crippen LogP contribution < -0.4 is 10.1 Å². The summed E-state index contributed by atoms with van der Waals surface area (Å²) in [6.45, 7) is 2.64. The molecule has 1 amide bonds. The Morgan fingerprint density at radius 1 is 1.10 bits per heavy atom. The third-order valence-electron chi connectivity index (χ3n) is 8.82. The summed E-state index contributed by atoms with van der Waals surface area (Å²) in [5.41, 5.74) is -0.442. The van der Waals surface area contributed by atoms with Crippen LogP contribution in [0.4, 0.5) is 13.2 Å². The Morgan fingerprint density at radius 3 is 2.51 bits per heavy atom. The quantitative estimate of drug-likeness (QED) is 0.244. The Bertz CT molecular complexity index is 1280. The molecule has 3 fully saturated rings. The number of nitrogens with one attached hydrogen (secondary N) is 1. The summed E-state index contributed by atoms with van der Waals surface area (Å²) in [6.07, 6.45) is 0.576. The Labute approximate surface area is 238 Å². The maximum absolute atomic E-state index is 14.2. The SMILES string of the molecule is COC1CCC[C@@]2(c3cccc(OC(C)=O)c3)C[C@@H](NC(=O)C(=Cc3ccccc3)C(F)(F)F)N(CC3CC3)CC12. The van der Waals surface area contributed by atoms with Crippen LogP contribution in [0.5, 0.6) is 5.75 Å². The summed E-state index contributed by atoms with van der Waals surface area (Å²) >= 11 is 0. The first-order valence-electron chi connectivity index (χ1n) is 14.3. The number of methoxy groups -OCH3 is 1. The van der Waals surface area contributed by atoms with Gasteiger partial charge < -0.3 is 14.8 Å². The number of benzene rings is 2. The van der Waals surface area contributed by atoms with E-state index in [1.165, 1.54) is 6.92 Å². The number of piperidine rings is 1. The number of amides is 1. The molecule has 3 aliphatic rings. The largest absolute Gasteiger partial charge is 0.427 e. The van der Waals surface area contributed by atoms with Gasteiger partial charge >= 0.3 is 12.1 Å². The van der Waals surface area contributed by atoms with Crippen molar-refractivity contribution in [3.63, 3.8) is 0 Å². The molecule has 2 unspecified atom stereocenters. The number of hydrogen-bond donors (Lipinski definition) is 1. The highest BCUT2D eigenvalue weighted by Gasteiger charge is 2.54. The summed E-state index contributed by atoms with van der Waals surface area (Å²) in [5.74, 6) is -0.602. The van der Waals surface area contributed by atoms with Crippen LogP contribution in [-0.2, 0) is 19.7 Å². The van der Waals surface area contributed by atoms with Crippen LogP contribution >= 0.6 is 0 Å². The number of halogens is 3. The van der Waals surface area contributed by atoms with Gasteiger partial charge in [0.25, 0.3) is 5.91 Å². The number of carbonyl (C=O) groups excluding carboxylic acids is 2. The minimum atomic E-state index is -4.82. The fourth-order valence-corrected chi connectivity index (χ4v) is 6.75. The van der Waals surface area contributed by atoms with E-state index in [1.807, 2.05) is 18.2 Å². The fourth-order valence-electron chi connectivity index (χ4n) is 6.75. The molecule has 2 saturated carbocycles. The van der Waals surface area contributed by atoms with E-state index in [0.717, 1.165) is 43.7 Å². The third kappa shape index (κ3) is 6.67. The highest BCUT2D eigenvalue weighted by atomic mass is 19.4. The number of likely N-dealkylation sites (tertiary alicyclic amines) is 1. The van der Waals surface area contributed by atoms with E-state index >= 15 is 0 Å². The van der Waals surface area contributed by atoms with E-state index in [0.29, 0.717) is 36.7 Å². The van der Waals surface area contributed by atoms with Crippen molar-refractivity contribution < 1.29 is 32.2 Å². The van der Waals surface area contributed by atoms with Crippen LogP contribution in [0.3, 0.4) is 0 Å². The second kappa shape index (κ2) is 12.0. The number of hydrogen-bond acceptors (Lipinski definition) is 5. The first-order chi connectivity index (χ1) is 19.6. The minimum absolute atomic E-state index is 0.0387. The molecule has 0 bridgehead atoms. The van der Waals surface area contributed by atoms with Gasteiger partial charge in [-0.1, -0.05) is 42.5 Å². The number of carbonyl (C=O) groups is 2. The Balaban J connectivity index is 1.51. The Hall–Kier alpha value is -3.17. The van der Waals surface area contributed by atoms with E-state index in [-0.39, 0.29) is 12.0 Å². The lowest BCUT2D eigenvalue weighted by atomic mass is 9.57. The maximum Gasteiger partial charge on any atom is 0.421 e. The maximum atomic E-state index is 14.2. The van der Waals surface area contributed by atoms with Gasteiger partial charge in [0.2, 0.25) is 0 Å². The molecule has 2 aliphatic carbocycles. The van der Waals surface area contributed by atoms with E-state index in [4.69, 9.17) is 9.47 Å². The first-order valence-corrected chi connectivity index (χ1v) is 14.3. The molecular weight excluding hydrogens is 533 g/mol. The van der Waals surface area contributed by atoms with Gasteiger partial charge in [-0.05, 0) is 73.8 Å². The Morgan fingerprint density at radius 2 is 1.85 bits per heavy atom. The molecule has 6 nitrogen and oxygen atoms in total. The molecular formula is C32H37F3N2O4. The van der Waals surface area contributed by atoms with Crippen molar-refractivity contribution in [1.29, 1.82) is 0 Å². The number of esters is 1. The molecule has 41 heavy (non-hydrogen) atoms. The lowest BCUT2D eigenvalue weighted by Gasteiger charge is -2.56. The summed E-state index contributed by atoms with van der Waals surface area (Å²) in [6, 6.07) is 15.5. The molecule has 0 spiro atoms. The number of alkyl halides is 3. The molecule has 220 valence electrons. The smallest absolute Gasteiger partial charge is 0.421 e. The number of fused-ring (bicyclic) bond motifs is 1. The summed E-state index contributed by atoms with van der Waals surface area (Å²) in [5, 5.41) is 2.81. The summed E-state index contributed by atoms with van der Waals surface area (Å²) < 4.78 is 53.9. The van der Waals surface area contributed by atoms with Crippen LogP contribution in [0.15, 0.2) is 60.2 Å². The topological polar surface area (TPSA) is 67.9 Å². The third-order valence-corrected chi connectivity index (χ3v) is 8.82. The van der Waals surface area contributed by atoms with Gasteiger partial charge in [-0.2, -0.15) is 13.2 Å². The second-order valence-electron chi connectivity index (χ2n) is 11.6. The number of ether oxygens (including phenoxy) is 2. The molecule has 0 radical (unpaired) electrons. The van der Waals surface area contributed by atoms with Crippen molar-refractivity contribution >= 4 is 18.0 Å². The van der Waals surface area contributed by atoms with Gasteiger partial charge in [-0.15, -0.1) is 0 Å². The molecule has 4 atom stereocenters. The van der Waals surface area contributed by atoms with E-state index in [2.05, 4.69) is 10.2 Å². The lowest BCUT2D eigenvalue weighted by Crippen LogP contribution is -2.64. The van der Waals surface area contributed by atoms with Crippen LogP contribution in [0.25, 0.3) is 6.08 Å². The lowest BCUT2D eigenvalue weighted by molar-refractivity contribution is -0.135. The van der Waals surface area contributed by atoms with E-state index in [9.17, 15) is 22.8 Å². The molecule has 2 aromatic rings. The van der Waals surface area contributed by atoms with Gasteiger partial charge in [0.15, 0.2) is 0 Å². The van der Waals surface area contributed by atoms with Gasteiger partial charge in [0, 0.05) is 38.5 Å². The monoisotopic (exact) mass is 570 g/mol. The van der Waals surface area contributed by atoms with Crippen LogP contribution in [-0.4, -0.2) is 55.4 Å². The van der Waals surface area contributed by atoms with Gasteiger partial charge in [0.1, 0.15) is 11.3 Å². The highest BCUT2D eigenvalue weighted by molar-refractivity contribution is 5.99. The fraction of sp³-hybridized carbons (Fsp3) is 0.500.